The van der Waals surface area contributed by atoms with Gasteiger partial charge in [-0.3, -0.25) is 0 Å². The van der Waals surface area contributed by atoms with E-state index in [2.05, 4.69) is 68.3 Å². The van der Waals surface area contributed by atoms with E-state index in [-0.39, 0.29) is 41.3 Å². The molecular weight excluding hydrogens is 853 g/mol. The van der Waals surface area contributed by atoms with Crippen molar-refractivity contribution in [2.24, 2.45) is 16.6 Å². The minimum Gasteiger partial charge on any atom is -0.444 e. The first-order valence-electron chi connectivity index (χ1n) is 21.6. The van der Waals surface area contributed by atoms with Gasteiger partial charge in [-0.15, -0.1) is 22.7 Å². The van der Waals surface area contributed by atoms with Crippen LogP contribution in [0.25, 0.3) is 0 Å². The van der Waals surface area contributed by atoms with Crippen LogP contribution in [-0.2, 0) is 41.5 Å². The Morgan fingerprint density at radius 3 is 1.48 bits per heavy atom. The van der Waals surface area contributed by atoms with Crippen molar-refractivity contribution in [3.8, 4) is 0 Å². The number of thiazole rings is 2. The zero-order valence-electron chi connectivity index (χ0n) is 38.0. The Morgan fingerprint density at radius 2 is 1.10 bits per heavy atom. The number of nitrogens with zero attached hydrogens (tertiary/aromatic N) is 2. The molecule has 0 radical (unpaired) electrons. The monoisotopic (exact) mass is 918 g/mol. The number of alkyl carbamates (subject to hydrolysis) is 1. The highest BCUT2D eigenvalue weighted by molar-refractivity contribution is 7.10. The Hall–Kier alpha value is -3.51. The maximum Gasteiger partial charge on any atom is 0.407 e. The number of aromatic nitrogens is 2. The molecule has 2 aliphatic carbocycles. The van der Waals surface area contributed by atoms with Gasteiger partial charge in [-0.05, 0) is 106 Å². The van der Waals surface area contributed by atoms with E-state index in [0.717, 1.165) is 72.1 Å². The molecule has 4 unspecified atom stereocenters. The lowest BCUT2D eigenvalue weighted by molar-refractivity contribution is 0.0418. The zero-order valence-corrected chi connectivity index (χ0v) is 39.6. The van der Waals surface area contributed by atoms with Crippen molar-refractivity contribution in [2.45, 2.75) is 155 Å². The first-order valence-corrected chi connectivity index (χ1v) is 23.4. The predicted octanol–water partition coefficient (Wildman–Crippen LogP) is 8.61. The number of aliphatic hydroxyl groups excluding tert-OH is 2. The van der Waals surface area contributed by atoms with Gasteiger partial charge in [0.1, 0.15) is 28.9 Å². The Bertz CT molecular complexity index is 2100. The van der Waals surface area contributed by atoms with E-state index >= 15 is 0 Å². The van der Waals surface area contributed by atoms with Gasteiger partial charge in [0.2, 0.25) is 0 Å². The van der Waals surface area contributed by atoms with Crippen LogP contribution < -0.4 is 21.7 Å². The molecule has 348 valence electrons. The van der Waals surface area contributed by atoms with Gasteiger partial charge in [0.15, 0.2) is 0 Å². The highest BCUT2D eigenvalue weighted by Crippen LogP contribution is 2.47. The minimum absolute atomic E-state index is 0.0379. The summed E-state index contributed by atoms with van der Waals surface area (Å²) in [6.45, 7) is 18.8. The third-order valence-corrected chi connectivity index (χ3v) is 12.4. The second-order valence-electron chi connectivity index (χ2n) is 20.7. The number of rotatable bonds is 17. The number of nitrogens with two attached hydrogens (primary N) is 1. The van der Waals surface area contributed by atoms with E-state index in [1.807, 2.05) is 0 Å². The van der Waals surface area contributed by atoms with Crippen LogP contribution in [0.2, 0.25) is 0 Å². The van der Waals surface area contributed by atoms with Crippen LogP contribution in [0.15, 0.2) is 47.2 Å². The number of carbonyl (C=O) groups excluding carboxylic acids is 1. The summed E-state index contributed by atoms with van der Waals surface area (Å²) in [6.07, 6.45) is 3.27. The molecule has 0 spiro atoms. The number of hydrogen-bond donors (Lipinski definition) is 6. The SMILES string of the molecule is CC(C)(C)Cc1nc(C2(NCC(O)C(Cc3cc(F)cc(F)c3)NC(=O)OC(C)(C)C)CC2)cs1.CC(C)(C)Cc1nc(C2(NCC(O)C(N)Cc3cc(F)cc(F)c3)CC2)cs1. The van der Waals surface area contributed by atoms with Crippen molar-refractivity contribution in [1.82, 2.24) is 25.9 Å². The topological polar surface area (TPSA) is 155 Å². The van der Waals surface area contributed by atoms with E-state index < -0.39 is 59.3 Å². The Morgan fingerprint density at radius 1 is 0.698 bits per heavy atom. The number of halogens is 4. The maximum atomic E-state index is 13.7. The molecule has 63 heavy (non-hydrogen) atoms. The Kier molecular flexibility index (Phi) is 16.3. The molecule has 2 saturated carbocycles. The maximum absolute atomic E-state index is 13.7. The second-order valence-corrected chi connectivity index (χ2v) is 22.6. The summed E-state index contributed by atoms with van der Waals surface area (Å²) in [5.74, 6) is -2.70. The smallest absolute Gasteiger partial charge is 0.407 e. The lowest BCUT2D eigenvalue weighted by atomic mass is 9.93. The summed E-state index contributed by atoms with van der Waals surface area (Å²) in [4.78, 5) is 22.1. The van der Waals surface area contributed by atoms with Gasteiger partial charge in [-0.1, -0.05) is 41.5 Å². The predicted molar refractivity (Wildman–Crippen MR) is 242 cm³/mol. The first kappa shape index (κ1) is 50.5. The number of amides is 1. The second kappa shape index (κ2) is 20.3. The molecule has 6 rings (SSSR count). The molecule has 7 N–H and O–H groups in total. The van der Waals surface area contributed by atoms with Crippen molar-refractivity contribution in [3.63, 3.8) is 0 Å². The van der Waals surface area contributed by atoms with Crippen LogP contribution >= 0.6 is 22.7 Å². The van der Waals surface area contributed by atoms with Crippen LogP contribution in [-0.4, -0.2) is 69.3 Å². The van der Waals surface area contributed by atoms with Gasteiger partial charge in [0.05, 0.1) is 50.7 Å². The summed E-state index contributed by atoms with van der Waals surface area (Å²) < 4.78 is 59.5. The zero-order chi connectivity index (χ0) is 46.5. The lowest BCUT2D eigenvalue weighted by Crippen LogP contribution is -2.51. The normalized spacial score (nSPS) is 17.5. The largest absolute Gasteiger partial charge is 0.444 e. The molecule has 4 aromatic rings. The molecule has 0 bridgehead atoms. The van der Waals surface area contributed by atoms with E-state index in [1.165, 1.54) is 24.3 Å². The van der Waals surface area contributed by atoms with Crippen LogP contribution in [0.4, 0.5) is 22.4 Å². The quantitative estimate of drug-likeness (QED) is 0.0572. The molecule has 2 aliphatic rings. The number of ether oxygens (including phenoxy) is 1. The minimum atomic E-state index is -1.03. The molecule has 10 nitrogen and oxygen atoms in total. The van der Waals surface area contributed by atoms with Gasteiger partial charge >= 0.3 is 6.09 Å². The molecule has 0 saturated heterocycles. The summed E-state index contributed by atoms with van der Waals surface area (Å²) in [7, 11) is 0. The van der Waals surface area contributed by atoms with Crippen molar-refractivity contribution in [2.75, 3.05) is 13.1 Å². The molecule has 2 aromatic heterocycles. The van der Waals surface area contributed by atoms with Gasteiger partial charge in [0, 0.05) is 54.9 Å². The van der Waals surface area contributed by atoms with Crippen LogP contribution in [0.3, 0.4) is 0 Å². The van der Waals surface area contributed by atoms with Crippen molar-refractivity contribution < 1.29 is 37.3 Å². The Labute approximate surface area is 377 Å². The lowest BCUT2D eigenvalue weighted by Gasteiger charge is -2.28. The van der Waals surface area contributed by atoms with E-state index in [9.17, 15) is 32.6 Å². The summed E-state index contributed by atoms with van der Waals surface area (Å²) in [5, 5.41) is 37.3. The van der Waals surface area contributed by atoms with Crippen LogP contribution in [0.1, 0.15) is 121 Å². The highest BCUT2D eigenvalue weighted by atomic mass is 32.1. The van der Waals surface area contributed by atoms with Gasteiger partial charge in [-0.25, -0.2) is 32.3 Å². The number of carbonyl (C=O) groups is 1. The van der Waals surface area contributed by atoms with E-state index in [0.29, 0.717) is 17.7 Å². The van der Waals surface area contributed by atoms with E-state index in [4.69, 9.17) is 20.4 Å². The van der Waals surface area contributed by atoms with Crippen molar-refractivity contribution >= 4 is 28.8 Å². The fraction of sp³-hybridized carbons (Fsp3) is 0.596. The van der Waals surface area contributed by atoms with E-state index in [1.54, 1.807) is 43.4 Å². The third-order valence-electron chi connectivity index (χ3n) is 10.7. The van der Waals surface area contributed by atoms with Gasteiger partial charge in [-0.2, -0.15) is 0 Å². The first-order chi connectivity index (χ1) is 29.2. The summed E-state index contributed by atoms with van der Waals surface area (Å²) in [5.41, 5.74) is 7.97. The highest BCUT2D eigenvalue weighted by Gasteiger charge is 2.47. The number of benzene rings is 2. The third kappa shape index (κ3) is 16.2. The fourth-order valence-corrected chi connectivity index (χ4v) is 9.57. The molecule has 2 fully saturated rings. The van der Waals surface area contributed by atoms with Gasteiger partial charge < -0.3 is 36.6 Å². The molecule has 1 amide bonds. The van der Waals surface area contributed by atoms with Crippen LogP contribution in [0.5, 0.6) is 0 Å². The van der Waals surface area contributed by atoms with Crippen LogP contribution in [0, 0.1) is 34.1 Å². The number of hydrogen-bond acceptors (Lipinski definition) is 11. The fourth-order valence-electron chi connectivity index (χ4n) is 7.18. The number of aliphatic hydroxyl groups is 2. The molecule has 2 heterocycles. The molecule has 0 aliphatic heterocycles. The molecule has 2 aromatic carbocycles. The number of nitrogens with one attached hydrogen (secondary N) is 3. The average molecular weight is 919 g/mol. The van der Waals surface area contributed by atoms with Crippen molar-refractivity contribution in [1.29, 1.82) is 0 Å². The standard InChI is InChI=1S/C26H37F2N3O3S.C21H29F2N3OS/c1-24(2,3)13-22-31-21(15-35-22)26(7-8-26)29-14-20(32)19(30-23(33)34-25(4,5)6)11-16-9-17(27)12-18(28)10-16;1-20(2,3)10-19-26-18(12-28-19)21(4-5-21)25-11-17(27)16(24)8-13-6-14(22)9-15(23)7-13/h9-10,12,15,19-20,29,32H,7-8,11,13-14H2,1-6H3,(H,30,33);6-7,9,12,16-17,25,27H,4-5,8,10-11,24H2,1-3H3. The molecule has 16 heteroatoms. The average Bonchev–Trinajstić information content (AvgIpc) is 4.00. The summed E-state index contributed by atoms with van der Waals surface area (Å²) in [6, 6.07) is 5.07. The molecular formula is C47H66F4N6O4S2. The summed E-state index contributed by atoms with van der Waals surface area (Å²) >= 11 is 3.32. The molecule has 4 atom stereocenters. The van der Waals surface area contributed by atoms with Crippen molar-refractivity contribution in [3.05, 3.63) is 103 Å². The van der Waals surface area contributed by atoms with Gasteiger partial charge in [0.25, 0.3) is 0 Å². The Balaban J connectivity index is 0.000000243.